The highest BCUT2D eigenvalue weighted by Crippen LogP contribution is 2.29. The Hall–Kier alpha value is -1.72. The van der Waals surface area contributed by atoms with Crippen LogP contribution in [0.5, 0.6) is 0 Å². The molecule has 2 aromatic rings. The van der Waals surface area contributed by atoms with Gasteiger partial charge in [-0.25, -0.2) is 4.98 Å². The molecule has 2 heterocycles. The Morgan fingerprint density at radius 3 is 2.77 bits per heavy atom. The molecule has 0 bridgehead atoms. The van der Waals surface area contributed by atoms with Crippen LogP contribution in [0.3, 0.4) is 0 Å². The molecule has 0 aliphatic carbocycles. The number of hydrogen-bond acceptors (Lipinski definition) is 4. The van der Waals surface area contributed by atoms with Gasteiger partial charge in [-0.15, -0.1) is 11.3 Å². The molecule has 1 saturated heterocycles. The van der Waals surface area contributed by atoms with Crippen molar-refractivity contribution in [2.45, 2.75) is 25.7 Å². The molecule has 0 radical (unpaired) electrons. The monoisotopic (exact) mass is 316 g/mol. The molecular weight excluding hydrogens is 296 g/mol. The minimum Gasteiger partial charge on any atom is -0.384 e. The van der Waals surface area contributed by atoms with E-state index in [0.29, 0.717) is 18.9 Å². The summed E-state index contributed by atoms with van der Waals surface area (Å²) in [7, 11) is 1.71. The largest absolute Gasteiger partial charge is 0.384 e. The van der Waals surface area contributed by atoms with Crippen molar-refractivity contribution >= 4 is 22.9 Å². The number of amides is 1. The van der Waals surface area contributed by atoms with E-state index >= 15 is 0 Å². The molecule has 1 aromatic heterocycles. The van der Waals surface area contributed by atoms with E-state index in [0.717, 1.165) is 34.9 Å². The number of carbonyl (C=O) groups excluding carboxylic acids is 1. The first-order valence-corrected chi connectivity index (χ1v) is 8.42. The lowest BCUT2D eigenvalue weighted by Gasteiger charge is -2.15. The number of ether oxygens (including phenoxy) is 1. The Morgan fingerprint density at radius 1 is 1.36 bits per heavy atom. The molecule has 22 heavy (non-hydrogen) atoms. The molecule has 1 amide bonds. The first kappa shape index (κ1) is 15.2. The fraction of sp³-hybridized carbons (Fsp3) is 0.412. The maximum atomic E-state index is 11.8. The van der Waals surface area contributed by atoms with E-state index < -0.39 is 0 Å². The molecular formula is C17H20N2O2S. The van der Waals surface area contributed by atoms with Gasteiger partial charge in [-0.05, 0) is 18.6 Å². The van der Waals surface area contributed by atoms with Crippen LogP contribution in [0.4, 0.5) is 5.69 Å². The summed E-state index contributed by atoms with van der Waals surface area (Å²) < 4.78 is 5.18. The number of nitrogens with zero attached hydrogens (tertiary/aromatic N) is 2. The normalized spacial score (nSPS) is 16.3. The quantitative estimate of drug-likeness (QED) is 0.845. The van der Waals surface area contributed by atoms with Gasteiger partial charge in [-0.1, -0.05) is 19.1 Å². The minimum atomic E-state index is 0.220. The van der Waals surface area contributed by atoms with Gasteiger partial charge in [0.15, 0.2) is 0 Å². The fourth-order valence-electron chi connectivity index (χ4n) is 2.70. The molecule has 3 rings (SSSR count). The molecule has 1 atom stereocenters. The number of aromatic nitrogens is 1. The van der Waals surface area contributed by atoms with Gasteiger partial charge in [0.25, 0.3) is 0 Å². The van der Waals surface area contributed by atoms with E-state index in [1.165, 1.54) is 0 Å². The first-order chi connectivity index (χ1) is 10.7. The number of carbonyl (C=O) groups is 1. The Bertz CT molecular complexity index is 651. The number of benzene rings is 1. The van der Waals surface area contributed by atoms with Crippen LogP contribution in [-0.4, -0.2) is 31.2 Å². The lowest BCUT2D eigenvalue weighted by atomic mass is 10.1. The van der Waals surface area contributed by atoms with Gasteiger partial charge >= 0.3 is 0 Å². The van der Waals surface area contributed by atoms with Crippen LogP contribution in [0.2, 0.25) is 0 Å². The maximum absolute atomic E-state index is 11.8. The van der Waals surface area contributed by atoms with Crippen molar-refractivity contribution in [1.29, 1.82) is 0 Å². The zero-order chi connectivity index (χ0) is 15.5. The minimum absolute atomic E-state index is 0.220. The molecule has 4 nitrogen and oxygen atoms in total. The third kappa shape index (κ3) is 3.05. The van der Waals surface area contributed by atoms with Crippen molar-refractivity contribution in [3.8, 4) is 11.3 Å². The molecule has 5 heteroatoms. The number of methoxy groups -OCH3 is 1. The highest BCUT2D eigenvalue weighted by Gasteiger charge is 2.21. The summed E-state index contributed by atoms with van der Waals surface area (Å²) in [4.78, 5) is 18.3. The summed E-state index contributed by atoms with van der Waals surface area (Å²) in [5, 5.41) is 3.17. The Morgan fingerprint density at radius 2 is 2.14 bits per heavy atom. The van der Waals surface area contributed by atoms with E-state index in [9.17, 15) is 4.79 Å². The predicted octanol–water partition coefficient (Wildman–Crippen LogP) is 3.69. The van der Waals surface area contributed by atoms with E-state index in [1.807, 2.05) is 29.2 Å². The number of anilines is 1. The van der Waals surface area contributed by atoms with Crippen molar-refractivity contribution in [2.24, 2.45) is 0 Å². The maximum Gasteiger partial charge on any atom is 0.227 e. The van der Waals surface area contributed by atoms with Crippen LogP contribution in [-0.2, 0) is 9.53 Å². The summed E-state index contributed by atoms with van der Waals surface area (Å²) in [6.45, 7) is 3.63. The standard InChI is InChI=1S/C17H20N2O2S/c1-12(10-21-2)17-18-15(11-22-17)13-5-7-14(8-6-13)19-9-3-4-16(19)20/h5-8,11-12H,3-4,9-10H2,1-2H3/t12-/m1/s1. The molecule has 1 aliphatic rings. The topological polar surface area (TPSA) is 42.4 Å². The van der Waals surface area contributed by atoms with Crippen molar-refractivity contribution in [3.63, 3.8) is 0 Å². The van der Waals surface area contributed by atoms with E-state index in [1.54, 1.807) is 18.4 Å². The van der Waals surface area contributed by atoms with Crippen molar-refractivity contribution in [2.75, 3.05) is 25.2 Å². The molecule has 116 valence electrons. The molecule has 1 aromatic carbocycles. The van der Waals surface area contributed by atoms with Crippen LogP contribution in [0.25, 0.3) is 11.3 Å². The summed E-state index contributed by atoms with van der Waals surface area (Å²) in [5.74, 6) is 0.530. The molecule has 0 spiro atoms. The van der Waals surface area contributed by atoms with E-state index in [-0.39, 0.29) is 5.91 Å². The molecule has 0 unspecified atom stereocenters. The third-order valence-corrected chi connectivity index (χ3v) is 4.98. The van der Waals surface area contributed by atoms with E-state index in [4.69, 9.17) is 9.72 Å². The summed E-state index contributed by atoms with van der Waals surface area (Å²) >= 11 is 1.67. The third-order valence-electron chi connectivity index (χ3n) is 3.91. The van der Waals surface area contributed by atoms with Gasteiger partial charge in [0.1, 0.15) is 0 Å². The van der Waals surface area contributed by atoms with Crippen molar-refractivity contribution < 1.29 is 9.53 Å². The predicted molar refractivity (Wildman–Crippen MR) is 89.4 cm³/mol. The zero-order valence-corrected chi connectivity index (χ0v) is 13.7. The molecule has 0 saturated carbocycles. The molecule has 1 aliphatic heterocycles. The van der Waals surface area contributed by atoms with Crippen LogP contribution >= 0.6 is 11.3 Å². The summed E-state index contributed by atoms with van der Waals surface area (Å²) in [5.41, 5.74) is 3.05. The highest BCUT2D eigenvalue weighted by molar-refractivity contribution is 7.10. The number of thiazole rings is 1. The van der Waals surface area contributed by atoms with Gasteiger partial charge in [0.05, 0.1) is 17.3 Å². The van der Waals surface area contributed by atoms with Gasteiger partial charge in [-0.3, -0.25) is 4.79 Å². The number of rotatable bonds is 5. The Balaban J connectivity index is 1.77. The summed E-state index contributed by atoms with van der Waals surface area (Å²) in [6.07, 6.45) is 1.61. The second-order valence-electron chi connectivity index (χ2n) is 5.62. The lowest BCUT2D eigenvalue weighted by molar-refractivity contribution is -0.117. The lowest BCUT2D eigenvalue weighted by Crippen LogP contribution is -2.23. The average Bonchev–Trinajstić information content (AvgIpc) is 3.17. The number of hydrogen-bond donors (Lipinski definition) is 0. The first-order valence-electron chi connectivity index (χ1n) is 7.54. The van der Waals surface area contributed by atoms with Crippen molar-refractivity contribution in [3.05, 3.63) is 34.7 Å². The average molecular weight is 316 g/mol. The van der Waals surface area contributed by atoms with Crippen LogP contribution in [0, 0.1) is 0 Å². The van der Waals surface area contributed by atoms with E-state index in [2.05, 4.69) is 12.3 Å². The molecule has 1 fully saturated rings. The second-order valence-corrected chi connectivity index (χ2v) is 6.51. The van der Waals surface area contributed by atoms with Crippen molar-refractivity contribution in [1.82, 2.24) is 4.98 Å². The van der Waals surface area contributed by atoms with Crippen LogP contribution in [0.15, 0.2) is 29.6 Å². The zero-order valence-electron chi connectivity index (χ0n) is 12.9. The second kappa shape index (κ2) is 6.58. The van der Waals surface area contributed by atoms with Crippen LogP contribution in [0.1, 0.15) is 30.7 Å². The summed E-state index contributed by atoms with van der Waals surface area (Å²) in [6, 6.07) is 8.10. The Labute approximate surface area is 134 Å². The van der Waals surface area contributed by atoms with Gasteiger partial charge in [0, 0.05) is 42.6 Å². The van der Waals surface area contributed by atoms with Gasteiger partial charge in [0.2, 0.25) is 5.91 Å². The van der Waals surface area contributed by atoms with Gasteiger partial charge in [-0.2, -0.15) is 0 Å². The van der Waals surface area contributed by atoms with Gasteiger partial charge < -0.3 is 9.64 Å². The molecule has 0 N–H and O–H groups in total. The SMILES string of the molecule is COC[C@@H](C)c1nc(-c2ccc(N3CCCC3=O)cc2)cs1. The fourth-order valence-corrected chi connectivity index (χ4v) is 3.57. The Kier molecular flexibility index (Phi) is 4.55. The smallest absolute Gasteiger partial charge is 0.227 e. The van der Waals surface area contributed by atoms with Crippen LogP contribution < -0.4 is 4.90 Å². The highest BCUT2D eigenvalue weighted by atomic mass is 32.1.